The fourth-order valence-electron chi connectivity index (χ4n) is 4.30. The maximum atomic E-state index is 12.7. The minimum absolute atomic E-state index is 0.0353. The highest BCUT2D eigenvalue weighted by Crippen LogP contribution is 2.60. The van der Waals surface area contributed by atoms with Gasteiger partial charge in [0.25, 0.3) is 0 Å². The van der Waals surface area contributed by atoms with Crippen molar-refractivity contribution in [2.45, 2.75) is 60.4 Å². The number of imide groups is 1. The Morgan fingerprint density at radius 3 is 1.56 bits per heavy atom. The smallest absolute Gasteiger partial charge is 0.234 e. The summed E-state index contributed by atoms with van der Waals surface area (Å²) >= 11 is 0. The third kappa shape index (κ3) is 1.63. The summed E-state index contributed by atoms with van der Waals surface area (Å²) in [5, 5.41) is 0. The molecule has 2 fully saturated rings. The predicted octanol–water partition coefficient (Wildman–Crippen LogP) is 2.84. The first-order valence-corrected chi connectivity index (χ1v) is 6.77. The number of nitrogens with zero attached hydrogens (tertiary/aromatic N) is 1. The number of carbonyl (C=O) groups is 2. The lowest BCUT2D eigenvalue weighted by Crippen LogP contribution is -2.48. The van der Waals surface area contributed by atoms with Crippen LogP contribution in [0.1, 0.15) is 54.9 Å². The zero-order chi connectivity index (χ0) is 14.1. The maximum Gasteiger partial charge on any atom is 0.234 e. The molecule has 1 saturated carbocycles. The monoisotopic (exact) mass is 251 g/mol. The number of amides is 2. The van der Waals surface area contributed by atoms with Crippen LogP contribution >= 0.6 is 0 Å². The molecule has 1 aliphatic carbocycles. The van der Waals surface area contributed by atoms with Gasteiger partial charge in [-0.1, -0.05) is 27.7 Å². The van der Waals surface area contributed by atoms with Gasteiger partial charge in [0.2, 0.25) is 11.8 Å². The van der Waals surface area contributed by atoms with Crippen LogP contribution in [0.4, 0.5) is 0 Å². The Bertz CT molecular complexity index is 383. The zero-order valence-electron chi connectivity index (χ0n) is 12.6. The summed E-state index contributed by atoms with van der Waals surface area (Å²) in [5.74, 6) is -0.209. The Balaban J connectivity index is 2.51. The van der Waals surface area contributed by atoms with Crippen molar-refractivity contribution in [3.05, 3.63) is 0 Å². The van der Waals surface area contributed by atoms with Crippen molar-refractivity contribution in [2.75, 3.05) is 0 Å². The second-order valence-corrected chi connectivity index (χ2v) is 8.29. The van der Waals surface area contributed by atoms with E-state index in [9.17, 15) is 9.59 Å². The van der Waals surface area contributed by atoms with E-state index in [1.165, 1.54) is 4.90 Å². The van der Waals surface area contributed by atoms with Crippen LogP contribution in [0.15, 0.2) is 0 Å². The molecule has 0 aromatic rings. The zero-order valence-corrected chi connectivity index (χ0v) is 12.6. The Morgan fingerprint density at radius 2 is 1.28 bits per heavy atom. The molecular weight excluding hydrogens is 226 g/mol. The largest absolute Gasteiger partial charge is 0.277 e. The average Bonchev–Trinajstić information content (AvgIpc) is 2.44. The Morgan fingerprint density at radius 1 is 0.944 bits per heavy atom. The van der Waals surface area contributed by atoms with Crippen molar-refractivity contribution < 1.29 is 9.59 Å². The highest BCUT2D eigenvalue weighted by atomic mass is 16.2. The molecule has 18 heavy (non-hydrogen) atoms. The van der Waals surface area contributed by atoms with Crippen LogP contribution in [0.5, 0.6) is 0 Å². The quantitative estimate of drug-likeness (QED) is 0.621. The summed E-state index contributed by atoms with van der Waals surface area (Å²) in [6.07, 6.45) is 0.935. The van der Waals surface area contributed by atoms with E-state index in [-0.39, 0.29) is 34.5 Å². The number of rotatable bonds is 0. The summed E-state index contributed by atoms with van der Waals surface area (Å²) < 4.78 is 0. The third-order valence-electron chi connectivity index (χ3n) is 4.57. The van der Waals surface area contributed by atoms with Crippen LogP contribution < -0.4 is 0 Å². The molecular formula is C15H25NO2. The molecule has 0 aromatic heterocycles. The minimum atomic E-state index is -0.412. The Kier molecular flexibility index (Phi) is 2.54. The van der Waals surface area contributed by atoms with Crippen molar-refractivity contribution in [3.63, 3.8) is 0 Å². The first-order chi connectivity index (χ1) is 7.89. The highest BCUT2D eigenvalue weighted by Gasteiger charge is 2.65. The molecule has 2 unspecified atom stereocenters. The van der Waals surface area contributed by atoms with Gasteiger partial charge in [0, 0.05) is 5.54 Å². The average molecular weight is 251 g/mol. The summed E-state index contributed by atoms with van der Waals surface area (Å²) in [5.41, 5.74) is -0.577. The minimum Gasteiger partial charge on any atom is -0.277 e. The second-order valence-electron chi connectivity index (χ2n) is 8.29. The first-order valence-electron chi connectivity index (χ1n) is 6.77. The first kappa shape index (κ1) is 13.6. The van der Waals surface area contributed by atoms with Gasteiger partial charge in [0.05, 0.1) is 11.8 Å². The van der Waals surface area contributed by atoms with Crippen LogP contribution in [-0.2, 0) is 9.59 Å². The fraction of sp³-hybridized carbons (Fsp3) is 0.867. The molecule has 2 atom stereocenters. The molecule has 1 saturated heterocycles. The lowest BCUT2D eigenvalue weighted by molar-refractivity contribution is -0.147. The van der Waals surface area contributed by atoms with Gasteiger partial charge in [0.1, 0.15) is 0 Å². The van der Waals surface area contributed by atoms with Gasteiger partial charge in [0.15, 0.2) is 0 Å². The van der Waals surface area contributed by atoms with Gasteiger partial charge >= 0.3 is 0 Å². The number of likely N-dealkylation sites (tertiary alicyclic amines) is 1. The van der Waals surface area contributed by atoms with Gasteiger partial charge in [-0.05, 0) is 38.0 Å². The standard InChI is InChI=1S/C15H25NO2/c1-13(2,3)16-11(17)9-10(12(16)18)15(6,7)8-14(9,4)5/h9-10H,8H2,1-7H3. The van der Waals surface area contributed by atoms with Gasteiger partial charge in [-0.2, -0.15) is 0 Å². The molecule has 1 heterocycles. The molecule has 0 radical (unpaired) electrons. The van der Waals surface area contributed by atoms with Gasteiger partial charge in [-0.15, -0.1) is 0 Å². The molecule has 0 aromatic carbocycles. The predicted molar refractivity (Wildman–Crippen MR) is 70.8 cm³/mol. The SMILES string of the molecule is CC1(C)CC(C)(C)C2C(=O)N(C(C)(C)C)C(=O)C21. The molecule has 1 aliphatic heterocycles. The summed E-state index contributed by atoms with van der Waals surface area (Å²) in [6.45, 7) is 14.3. The number of hydrogen-bond acceptors (Lipinski definition) is 2. The lowest BCUT2D eigenvalue weighted by Gasteiger charge is -2.34. The molecule has 3 heteroatoms. The highest BCUT2D eigenvalue weighted by molar-refractivity contribution is 6.07. The summed E-state index contributed by atoms with van der Waals surface area (Å²) in [6, 6.07) is 0. The Labute approximate surface area is 110 Å². The van der Waals surface area contributed by atoms with E-state index in [1.807, 2.05) is 20.8 Å². The molecule has 2 rings (SSSR count). The van der Waals surface area contributed by atoms with Crippen molar-refractivity contribution in [1.29, 1.82) is 0 Å². The number of carbonyl (C=O) groups excluding carboxylic acids is 2. The normalized spacial score (nSPS) is 34.1. The number of fused-ring (bicyclic) bond motifs is 1. The van der Waals surface area contributed by atoms with E-state index in [2.05, 4.69) is 27.7 Å². The van der Waals surface area contributed by atoms with Crippen molar-refractivity contribution in [2.24, 2.45) is 22.7 Å². The van der Waals surface area contributed by atoms with Gasteiger partial charge < -0.3 is 0 Å². The van der Waals surface area contributed by atoms with E-state index in [0.29, 0.717) is 0 Å². The van der Waals surface area contributed by atoms with Crippen molar-refractivity contribution >= 4 is 11.8 Å². The van der Waals surface area contributed by atoms with Gasteiger partial charge in [-0.25, -0.2) is 0 Å². The molecule has 3 nitrogen and oxygen atoms in total. The summed E-state index contributed by atoms with van der Waals surface area (Å²) in [7, 11) is 0. The summed E-state index contributed by atoms with van der Waals surface area (Å²) in [4.78, 5) is 26.8. The molecule has 0 bridgehead atoms. The van der Waals surface area contributed by atoms with Crippen LogP contribution in [0.25, 0.3) is 0 Å². The fourth-order valence-corrected chi connectivity index (χ4v) is 4.30. The van der Waals surface area contributed by atoms with E-state index < -0.39 is 5.54 Å². The van der Waals surface area contributed by atoms with Gasteiger partial charge in [-0.3, -0.25) is 14.5 Å². The molecule has 0 spiro atoms. The van der Waals surface area contributed by atoms with Crippen LogP contribution in [-0.4, -0.2) is 22.3 Å². The molecule has 102 valence electrons. The van der Waals surface area contributed by atoms with E-state index in [1.54, 1.807) is 0 Å². The maximum absolute atomic E-state index is 12.7. The van der Waals surface area contributed by atoms with E-state index >= 15 is 0 Å². The van der Waals surface area contributed by atoms with Crippen molar-refractivity contribution in [1.82, 2.24) is 4.90 Å². The Hall–Kier alpha value is -0.860. The lowest BCUT2D eigenvalue weighted by atomic mass is 9.79. The topological polar surface area (TPSA) is 37.4 Å². The molecule has 2 aliphatic rings. The van der Waals surface area contributed by atoms with E-state index in [4.69, 9.17) is 0 Å². The van der Waals surface area contributed by atoms with Crippen LogP contribution in [0.2, 0.25) is 0 Å². The molecule has 2 amide bonds. The van der Waals surface area contributed by atoms with Crippen LogP contribution in [0.3, 0.4) is 0 Å². The van der Waals surface area contributed by atoms with Crippen LogP contribution in [0, 0.1) is 22.7 Å². The van der Waals surface area contributed by atoms with Crippen molar-refractivity contribution in [3.8, 4) is 0 Å². The molecule has 0 N–H and O–H groups in total. The number of hydrogen-bond donors (Lipinski definition) is 0. The second kappa shape index (κ2) is 3.37. The van der Waals surface area contributed by atoms with E-state index in [0.717, 1.165) is 6.42 Å². The third-order valence-corrected chi connectivity index (χ3v) is 4.57.